The van der Waals surface area contributed by atoms with E-state index >= 15 is 0 Å². The highest BCUT2D eigenvalue weighted by molar-refractivity contribution is 5.96. The SMILES string of the molecule is CCN(CC)C(=O)COC1CN(CCc2ccccc2)C(=O)CN(C(=O)c2ccoc2)C1. The van der Waals surface area contributed by atoms with Crippen molar-refractivity contribution in [1.82, 2.24) is 14.7 Å². The molecule has 0 bridgehead atoms. The van der Waals surface area contributed by atoms with Gasteiger partial charge in [0.2, 0.25) is 11.8 Å². The van der Waals surface area contributed by atoms with Crippen LogP contribution in [0.15, 0.2) is 53.3 Å². The van der Waals surface area contributed by atoms with Gasteiger partial charge in [-0.1, -0.05) is 30.3 Å². The quantitative estimate of drug-likeness (QED) is 0.595. The van der Waals surface area contributed by atoms with Crippen molar-refractivity contribution in [2.24, 2.45) is 0 Å². The van der Waals surface area contributed by atoms with Crippen LogP contribution in [0.2, 0.25) is 0 Å². The molecule has 8 nitrogen and oxygen atoms in total. The number of carbonyl (C=O) groups excluding carboxylic acids is 3. The number of carbonyl (C=O) groups is 3. The molecule has 1 atom stereocenters. The molecule has 1 aliphatic heterocycles. The van der Waals surface area contributed by atoms with Crippen LogP contribution in [0.3, 0.4) is 0 Å². The Morgan fingerprint density at radius 1 is 1.12 bits per heavy atom. The molecular formula is C24H31N3O5. The zero-order valence-electron chi connectivity index (χ0n) is 18.7. The van der Waals surface area contributed by atoms with Gasteiger partial charge in [0.05, 0.1) is 17.9 Å². The largest absolute Gasteiger partial charge is 0.472 e. The van der Waals surface area contributed by atoms with Crippen LogP contribution in [0.5, 0.6) is 0 Å². The van der Waals surface area contributed by atoms with E-state index in [0.29, 0.717) is 38.2 Å². The molecule has 3 rings (SSSR count). The van der Waals surface area contributed by atoms with Crippen LogP contribution in [0.4, 0.5) is 0 Å². The molecule has 0 radical (unpaired) electrons. The molecule has 3 amide bonds. The lowest BCUT2D eigenvalue weighted by atomic mass is 10.1. The molecular weight excluding hydrogens is 410 g/mol. The van der Waals surface area contributed by atoms with Crippen LogP contribution in [-0.2, 0) is 20.7 Å². The Kier molecular flexibility index (Phi) is 8.44. The molecule has 2 aromatic rings. The minimum Gasteiger partial charge on any atom is -0.472 e. The molecule has 172 valence electrons. The summed E-state index contributed by atoms with van der Waals surface area (Å²) in [6.07, 6.45) is 3.03. The van der Waals surface area contributed by atoms with Crippen LogP contribution in [0, 0.1) is 0 Å². The molecule has 1 unspecified atom stereocenters. The summed E-state index contributed by atoms with van der Waals surface area (Å²) in [4.78, 5) is 43.2. The van der Waals surface area contributed by atoms with Gasteiger partial charge in [-0.05, 0) is 31.9 Å². The molecule has 2 heterocycles. The fourth-order valence-corrected chi connectivity index (χ4v) is 3.79. The Morgan fingerprint density at radius 2 is 1.88 bits per heavy atom. The average molecular weight is 442 g/mol. The van der Waals surface area contributed by atoms with E-state index in [-0.39, 0.29) is 37.4 Å². The van der Waals surface area contributed by atoms with Gasteiger partial charge in [-0.2, -0.15) is 0 Å². The molecule has 8 heteroatoms. The summed E-state index contributed by atoms with van der Waals surface area (Å²) in [5, 5.41) is 0. The molecule has 0 aliphatic carbocycles. The maximum atomic E-state index is 13.0. The Balaban J connectivity index is 1.71. The normalized spacial score (nSPS) is 16.7. The van der Waals surface area contributed by atoms with Crippen LogP contribution in [0.1, 0.15) is 29.8 Å². The predicted octanol–water partition coefficient (Wildman–Crippen LogP) is 2.06. The zero-order chi connectivity index (χ0) is 22.9. The molecule has 0 N–H and O–H groups in total. The van der Waals surface area contributed by atoms with Crippen molar-refractivity contribution in [2.75, 3.05) is 45.9 Å². The Hall–Kier alpha value is -3.13. The second-order valence-corrected chi connectivity index (χ2v) is 7.77. The van der Waals surface area contributed by atoms with Gasteiger partial charge >= 0.3 is 0 Å². The summed E-state index contributed by atoms with van der Waals surface area (Å²) >= 11 is 0. The molecule has 0 spiro atoms. The first-order valence-electron chi connectivity index (χ1n) is 11.0. The number of amides is 3. The molecule has 1 saturated heterocycles. The monoisotopic (exact) mass is 441 g/mol. The third-order valence-electron chi connectivity index (χ3n) is 5.65. The number of ether oxygens (including phenoxy) is 1. The van der Waals surface area contributed by atoms with E-state index in [9.17, 15) is 14.4 Å². The van der Waals surface area contributed by atoms with Crippen molar-refractivity contribution < 1.29 is 23.5 Å². The Bertz CT molecular complexity index is 880. The topological polar surface area (TPSA) is 83.3 Å². The van der Waals surface area contributed by atoms with Crippen LogP contribution in [0.25, 0.3) is 0 Å². The summed E-state index contributed by atoms with van der Waals surface area (Å²) < 4.78 is 11.0. The first-order chi connectivity index (χ1) is 15.5. The van der Waals surface area contributed by atoms with Crippen LogP contribution in [-0.4, -0.2) is 84.4 Å². The zero-order valence-corrected chi connectivity index (χ0v) is 18.7. The number of hydrogen-bond donors (Lipinski definition) is 0. The number of hydrogen-bond acceptors (Lipinski definition) is 5. The van der Waals surface area contributed by atoms with Gasteiger partial charge in [-0.15, -0.1) is 0 Å². The number of benzene rings is 1. The highest BCUT2D eigenvalue weighted by Gasteiger charge is 2.32. The van der Waals surface area contributed by atoms with Gasteiger partial charge in [0.25, 0.3) is 5.91 Å². The van der Waals surface area contributed by atoms with E-state index in [1.54, 1.807) is 15.9 Å². The van der Waals surface area contributed by atoms with Gasteiger partial charge in [0.15, 0.2) is 0 Å². The minimum absolute atomic E-state index is 0.0390. The molecule has 0 saturated carbocycles. The highest BCUT2D eigenvalue weighted by Crippen LogP contribution is 2.14. The highest BCUT2D eigenvalue weighted by atomic mass is 16.5. The van der Waals surface area contributed by atoms with Gasteiger partial charge in [0, 0.05) is 32.7 Å². The fraction of sp³-hybridized carbons (Fsp3) is 0.458. The van der Waals surface area contributed by atoms with Crippen molar-refractivity contribution in [1.29, 1.82) is 0 Å². The summed E-state index contributed by atoms with van der Waals surface area (Å²) in [7, 11) is 0. The Labute approximate surface area is 188 Å². The minimum atomic E-state index is -0.465. The number of likely N-dealkylation sites (N-methyl/N-ethyl adjacent to an activating group) is 1. The van der Waals surface area contributed by atoms with Gasteiger partial charge in [-0.3, -0.25) is 14.4 Å². The molecule has 1 aromatic carbocycles. The second-order valence-electron chi connectivity index (χ2n) is 7.77. The third kappa shape index (κ3) is 6.20. The number of furan rings is 1. The third-order valence-corrected chi connectivity index (χ3v) is 5.65. The second kappa shape index (κ2) is 11.5. The molecule has 1 fully saturated rings. The molecule has 1 aromatic heterocycles. The first-order valence-corrected chi connectivity index (χ1v) is 11.0. The van der Waals surface area contributed by atoms with Crippen molar-refractivity contribution >= 4 is 17.7 Å². The summed E-state index contributed by atoms with van der Waals surface area (Å²) in [5.74, 6) is -0.534. The van der Waals surface area contributed by atoms with Crippen LogP contribution >= 0.6 is 0 Å². The van der Waals surface area contributed by atoms with Crippen molar-refractivity contribution in [3.63, 3.8) is 0 Å². The lowest BCUT2D eigenvalue weighted by Gasteiger charge is -2.26. The standard InChI is InChI=1S/C24H31N3O5/c1-3-25(4-2)23(29)18-32-21-14-26(12-10-19-8-6-5-7-9-19)22(28)16-27(15-21)24(30)20-11-13-31-17-20/h5-9,11,13,17,21H,3-4,10,12,14-16,18H2,1-2H3. The average Bonchev–Trinajstić information content (AvgIpc) is 3.29. The molecule has 32 heavy (non-hydrogen) atoms. The summed E-state index contributed by atoms with van der Waals surface area (Å²) in [5.41, 5.74) is 1.51. The van der Waals surface area contributed by atoms with Gasteiger partial charge < -0.3 is 23.9 Å². The predicted molar refractivity (Wildman–Crippen MR) is 119 cm³/mol. The lowest BCUT2D eigenvalue weighted by molar-refractivity contribution is -0.138. The van der Waals surface area contributed by atoms with Crippen molar-refractivity contribution in [3.8, 4) is 0 Å². The summed E-state index contributed by atoms with van der Waals surface area (Å²) in [6, 6.07) is 11.5. The number of rotatable bonds is 9. The molecule has 1 aliphatic rings. The smallest absolute Gasteiger partial charge is 0.257 e. The first kappa shape index (κ1) is 23.5. The maximum Gasteiger partial charge on any atom is 0.257 e. The lowest BCUT2D eigenvalue weighted by Crippen LogP contribution is -2.41. The van der Waals surface area contributed by atoms with Crippen molar-refractivity contribution in [2.45, 2.75) is 26.4 Å². The van der Waals surface area contributed by atoms with E-state index in [4.69, 9.17) is 9.15 Å². The maximum absolute atomic E-state index is 13.0. The van der Waals surface area contributed by atoms with Crippen LogP contribution < -0.4 is 0 Å². The van der Waals surface area contributed by atoms with E-state index in [0.717, 1.165) is 5.56 Å². The van der Waals surface area contributed by atoms with Crippen molar-refractivity contribution in [3.05, 3.63) is 60.1 Å². The Morgan fingerprint density at radius 3 is 2.53 bits per heavy atom. The fourth-order valence-electron chi connectivity index (χ4n) is 3.79. The summed E-state index contributed by atoms with van der Waals surface area (Å²) in [6.45, 7) is 6.00. The van der Waals surface area contributed by atoms with Gasteiger partial charge in [-0.25, -0.2) is 0 Å². The van der Waals surface area contributed by atoms with E-state index in [1.807, 2.05) is 44.2 Å². The van der Waals surface area contributed by atoms with E-state index in [2.05, 4.69) is 0 Å². The number of nitrogens with zero attached hydrogens (tertiary/aromatic N) is 3. The van der Waals surface area contributed by atoms with E-state index in [1.165, 1.54) is 17.4 Å². The van der Waals surface area contributed by atoms with Gasteiger partial charge in [0.1, 0.15) is 19.4 Å². The van der Waals surface area contributed by atoms with E-state index < -0.39 is 6.10 Å².